The van der Waals surface area contributed by atoms with E-state index in [0.29, 0.717) is 29.5 Å². The number of benzene rings is 3. The maximum absolute atomic E-state index is 13.9. The van der Waals surface area contributed by atoms with Gasteiger partial charge in [-0.25, -0.2) is 8.42 Å². The Morgan fingerprint density at radius 2 is 1.58 bits per heavy atom. The van der Waals surface area contributed by atoms with Gasteiger partial charge in [-0.3, -0.25) is 13.9 Å². The molecular weight excluding hydrogens is 586 g/mol. The highest BCUT2D eigenvalue weighted by Crippen LogP contribution is 2.23. The second kappa shape index (κ2) is 16.3. The van der Waals surface area contributed by atoms with Gasteiger partial charge in [0.05, 0.1) is 18.6 Å². The molecule has 43 heavy (non-hydrogen) atoms. The van der Waals surface area contributed by atoms with Crippen molar-refractivity contribution >= 4 is 39.1 Å². The Morgan fingerprint density at radius 3 is 2.16 bits per heavy atom. The van der Waals surface area contributed by atoms with E-state index in [1.54, 1.807) is 41.3 Å². The molecule has 0 aromatic heterocycles. The fourth-order valence-electron chi connectivity index (χ4n) is 4.66. The highest BCUT2D eigenvalue weighted by Gasteiger charge is 2.31. The molecule has 0 aliphatic carbocycles. The molecule has 0 saturated heterocycles. The summed E-state index contributed by atoms with van der Waals surface area (Å²) in [5, 5.41) is 3.63. The normalized spacial score (nSPS) is 12.7. The van der Waals surface area contributed by atoms with Crippen LogP contribution in [0.2, 0.25) is 5.02 Å². The van der Waals surface area contributed by atoms with Crippen molar-refractivity contribution in [1.29, 1.82) is 0 Å². The molecule has 10 heteroatoms. The summed E-state index contributed by atoms with van der Waals surface area (Å²) in [7, 11) is -3.61. The maximum atomic E-state index is 13.9. The molecule has 0 bridgehead atoms. The molecule has 0 aliphatic heterocycles. The van der Waals surface area contributed by atoms with Crippen molar-refractivity contribution in [2.75, 3.05) is 23.7 Å². The number of halogens is 1. The van der Waals surface area contributed by atoms with Crippen molar-refractivity contribution < 1.29 is 22.7 Å². The van der Waals surface area contributed by atoms with Gasteiger partial charge in [0.15, 0.2) is 0 Å². The van der Waals surface area contributed by atoms with Crippen LogP contribution in [0.4, 0.5) is 5.69 Å². The second-order valence-corrected chi connectivity index (χ2v) is 12.9. The molecule has 0 unspecified atom stereocenters. The number of rotatable bonds is 16. The predicted octanol–water partition coefficient (Wildman–Crippen LogP) is 5.84. The molecule has 2 atom stereocenters. The maximum Gasteiger partial charge on any atom is 0.243 e. The molecule has 232 valence electrons. The lowest BCUT2D eigenvalue weighted by molar-refractivity contribution is -0.141. The van der Waals surface area contributed by atoms with Gasteiger partial charge in [0.2, 0.25) is 21.8 Å². The molecule has 0 spiro atoms. The van der Waals surface area contributed by atoms with Gasteiger partial charge >= 0.3 is 0 Å². The Labute approximate surface area is 261 Å². The van der Waals surface area contributed by atoms with Crippen LogP contribution >= 0.6 is 11.6 Å². The number of nitrogens with one attached hydrogen (secondary N) is 1. The van der Waals surface area contributed by atoms with Crippen LogP contribution in [0, 0.1) is 0 Å². The van der Waals surface area contributed by atoms with Gasteiger partial charge in [-0.15, -0.1) is 0 Å². The van der Waals surface area contributed by atoms with Gasteiger partial charge in [-0.2, -0.15) is 0 Å². The summed E-state index contributed by atoms with van der Waals surface area (Å²) in [6, 6.07) is 22.8. The first-order valence-electron chi connectivity index (χ1n) is 14.6. The second-order valence-electron chi connectivity index (χ2n) is 10.5. The van der Waals surface area contributed by atoms with Crippen LogP contribution in [0.15, 0.2) is 78.9 Å². The molecule has 0 fully saturated rings. The van der Waals surface area contributed by atoms with Crippen LogP contribution in [0.3, 0.4) is 0 Å². The minimum absolute atomic E-state index is 0.0541. The summed E-state index contributed by atoms with van der Waals surface area (Å²) >= 11 is 6.11. The topological polar surface area (TPSA) is 96.0 Å². The van der Waals surface area contributed by atoms with Crippen molar-refractivity contribution in [3.8, 4) is 5.75 Å². The standard InChI is InChI=1S/C33H42ClN3O5S/c1-5-25(3)35-33(39)31(23-26-11-8-7-9-12-26)36(24-27-14-16-28(34)17-15-27)32(38)13-10-22-37(43(4,40)41)29-18-20-30(21-19-29)42-6-2/h7-9,11-12,14-21,25,31H,5-6,10,13,22-24H2,1-4H3,(H,35,39)/t25-,31-/m1/s1. The Kier molecular flexibility index (Phi) is 12.9. The van der Waals surface area contributed by atoms with Gasteiger partial charge < -0.3 is 15.0 Å². The van der Waals surface area contributed by atoms with Crippen molar-refractivity contribution in [2.45, 2.75) is 65.1 Å². The molecule has 0 heterocycles. The van der Waals surface area contributed by atoms with Crippen molar-refractivity contribution in [2.24, 2.45) is 0 Å². The summed E-state index contributed by atoms with van der Waals surface area (Å²) in [5.74, 6) is 0.177. The molecule has 1 N–H and O–H groups in total. The van der Waals surface area contributed by atoms with Crippen LogP contribution < -0.4 is 14.4 Å². The average Bonchev–Trinajstić information content (AvgIpc) is 2.98. The molecule has 3 aromatic carbocycles. The van der Waals surface area contributed by atoms with Crippen LogP contribution in [0.25, 0.3) is 0 Å². The number of ether oxygens (including phenoxy) is 1. The molecule has 3 rings (SSSR count). The highest BCUT2D eigenvalue weighted by atomic mass is 35.5. The number of sulfonamides is 1. The van der Waals surface area contributed by atoms with E-state index in [1.807, 2.05) is 63.2 Å². The zero-order valence-corrected chi connectivity index (χ0v) is 26.9. The largest absolute Gasteiger partial charge is 0.494 e. The van der Waals surface area contributed by atoms with Crippen LogP contribution in [0.5, 0.6) is 5.75 Å². The van der Waals surface area contributed by atoms with E-state index in [9.17, 15) is 18.0 Å². The monoisotopic (exact) mass is 627 g/mol. The Hall–Kier alpha value is -3.56. The van der Waals surface area contributed by atoms with Gasteiger partial charge in [-0.05, 0) is 74.2 Å². The third-order valence-corrected chi connectivity index (χ3v) is 8.57. The summed E-state index contributed by atoms with van der Waals surface area (Å²) in [6.07, 6.45) is 2.55. The third kappa shape index (κ3) is 10.6. The van der Waals surface area contributed by atoms with Crippen LogP contribution in [0.1, 0.15) is 51.2 Å². The van der Waals surface area contributed by atoms with E-state index in [4.69, 9.17) is 16.3 Å². The smallest absolute Gasteiger partial charge is 0.243 e. The lowest BCUT2D eigenvalue weighted by Gasteiger charge is -2.32. The fraction of sp³-hybridized carbons (Fsp3) is 0.394. The predicted molar refractivity (Wildman–Crippen MR) is 173 cm³/mol. The van der Waals surface area contributed by atoms with Crippen LogP contribution in [-0.4, -0.2) is 56.6 Å². The number of carbonyl (C=O) groups is 2. The SMILES string of the molecule is CCOc1ccc(N(CCCC(=O)N(Cc2ccc(Cl)cc2)[C@H](Cc2ccccc2)C(=O)N[C@H](C)CC)S(C)(=O)=O)cc1. The first-order chi connectivity index (χ1) is 20.5. The number of amides is 2. The highest BCUT2D eigenvalue weighted by molar-refractivity contribution is 7.92. The van der Waals surface area contributed by atoms with Crippen LogP contribution in [-0.2, 0) is 32.6 Å². The molecule has 0 aliphatic rings. The Bertz CT molecular complexity index is 1420. The summed E-state index contributed by atoms with van der Waals surface area (Å²) < 4.78 is 32.1. The van der Waals surface area contributed by atoms with E-state index in [2.05, 4.69) is 5.32 Å². The molecule has 0 saturated carbocycles. The average molecular weight is 628 g/mol. The lowest BCUT2D eigenvalue weighted by atomic mass is 10.0. The van der Waals surface area contributed by atoms with Gasteiger partial charge in [0, 0.05) is 37.0 Å². The van der Waals surface area contributed by atoms with Gasteiger partial charge in [-0.1, -0.05) is 61.0 Å². The minimum atomic E-state index is -3.61. The minimum Gasteiger partial charge on any atom is -0.494 e. The van der Waals surface area contributed by atoms with Gasteiger partial charge in [0.1, 0.15) is 11.8 Å². The molecule has 3 aromatic rings. The fourth-order valence-corrected chi connectivity index (χ4v) is 5.75. The van der Waals surface area contributed by atoms with E-state index in [-0.39, 0.29) is 43.8 Å². The number of carbonyl (C=O) groups excluding carboxylic acids is 2. The van der Waals surface area contributed by atoms with Crippen molar-refractivity contribution in [1.82, 2.24) is 10.2 Å². The van der Waals surface area contributed by atoms with Crippen molar-refractivity contribution in [3.63, 3.8) is 0 Å². The summed E-state index contributed by atoms with van der Waals surface area (Å²) in [4.78, 5) is 29.2. The zero-order valence-electron chi connectivity index (χ0n) is 25.3. The molecular formula is C33H42ClN3O5S. The molecule has 8 nitrogen and oxygen atoms in total. The molecule has 2 amide bonds. The third-order valence-electron chi connectivity index (χ3n) is 7.13. The quantitative estimate of drug-likeness (QED) is 0.215. The summed E-state index contributed by atoms with van der Waals surface area (Å²) in [6.45, 7) is 6.62. The Morgan fingerprint density at radius 1 is 0.930 bits per heavy atom. The van der Waals surface area contributed by atoms with E-state index < -0.39 is 16.1 Å². The zero-order chi connectivity index (χ0) is 31.4. The number of hydrogen-bond acceptors (Lipinski definition) is 5. The van der Waals surface area contributed by atoms with E-state index >= 15 is 0 Å². The summed E-state index contributed by atoms with van der Waals surface area (Å²) in [5.41, 5.74) is 2.25. The lowest BCUT2D eigenvalue weighted by Crippen LogP contribution is -2.52. The Balaban J connectivity index is 1.86. The van der Waals surface area contributed by atoms with Crippen molar-refractivity contribution in [3.05, 3.63) is 95.0 Å². The number of anilines is 1. The molecule has 0 radical (unpaired) electrons. The number of hydrogen-bond donors (Lipinski definition) is 1. The first kappa shape index (κ1) is 33.9. The van der Waals surface area contributed by atoms with Gasteiger partial charge in [0.25, 0.3) is 0 Å². The first-order valence-corrected chi connectivity index (χ1v) is 16.8. The van der Waals surface area contributed by atoms with E-state index in [0.717, 1.165) is 23.8 Å². The number of nitrogens with zero attached hydrogens (tertiary/aromatic N) is 2. The van der Waals surface area contributed by atoms with E-state index in [1.165, 1.54) is 4.31 Å².